The number of thiophene rings is 1. The van der Waals surface area contributed by atoms with E-state index in [-0.39, 0.29) is 0 Å². The molecule has 32 heavy (non-hydrogen) atoms. The predicted molar refractivity (Wildman–Crippen MR) is 148 cm³/mol. The van der Waals surface area contributed by atoms with Crippen molar-refractivity contribution in [2.24, 2.45) is 0 Å². The number of hydrogen-bond acceptors (Lipinski definition) is 1. The van der Waals surface area contributed by atoms with Crippen molar-refractivity contribution in [2.75, 3.05) is 0 Å². The van der Waals surface area contributed by atoms with Gasteiger partial charge in [-0.1, -0.05) is 68.5 Å². The Labute approximate surface area is 193 Å². The van der Waals surface area contributed by atoms with Crippen LogP contribution in [0.4, 0.5) is 0 Å². The number of nitrogens with one attached hydrogen (secondary N) is 1. The summed E-state index contributed by atoms with van der Waals surface area (Å²) >= 11 is 1.88. The van der Waals surface area contributed by atoms with Gasteiger partial charge < -0.3 is 4.98 Å². The van der Waals surface area contributed by atoms with E-state index in [1.165, 1.54) is 58.3 Å². The Hall–Kier alpha value is -3.36. The van der Waals surface area contributed by atoms with E-state index in [0.29, 0.717) is 0 Å². The van der Waals surface area contributed by atoms with Crippen LogP contribution in [0.2, 0.25) is 0 Å². The summed E-state index contributed by atoms with van der Waals surface area (Å²) in [6, 6.07) is 24.5. The van der Waals surface area contributed by atoms with Crippen LogP contribution < -0.4 is 0 Å². The van der Waals surface area contributed by atoms with Crippen LogP contribution in [0.5, 0.6) is 0 Å². The molecule has 0 aliphatic heterocycles. The van der Waals surface area contributed by atoms with E-state index in [4.69, 9.17) is 0 Å². The minimum Gasteiger partial charge on any atom is -0.354 e. The molecule has 0 aliphatic rings. The molecule has 4 aromatic carbocycles. The van der Waals surface area contributed by atoms with Crippen molar-refractivity contribution in [1.29, 1.82) is 0 Å². The Morgan fingerprint density at radius 3 is 2.28 bits per heavy atom. The highest BCUT2D eigenvalue weighted by atomic mass is 32.1. The number of H-pyrrole nitrogens is 1. The van der Waals surface area contributed by atoms with Crippen LogP contribution in [0.3, 0.4) is 0 Å². The van der Waals surface area contributed by atoms with Crippen LogP contribution in [-0.4, -0.2) is 4.98 Å². The normalized spacial score (nSPS) is 11.1. The van der Waals surface area contributed by atoms with E-state index in [2.05, 4.69) is 97.4 Å². The average molecular weight is 436 g/mol. The van der Waals surface area contributed by atoms with Crippen LogP contribution in [0.15, 0.2) is 85.5 Å². The zero-order valence-corrected chi connectivity index (χ0v) is 20.0. The lowest BCUT2D eigenvalue weighted by molar-refractivity contribution is 1.50. The minimum atomic E-state index is 1.21. The molecule has 2 heterocycles. The van der Waals surface area contributed by atoms with Crippen molar-refractivity contribution >= 4 is 70.2 Å². The fraction of sp³-hybridized carbons (Fsp3) is 0.133. The number of rotatable bonds is 1. The molecule has 6 aromatic rings. The molecule has 0 bridgehead atoms. The standard InChI is InChI=1S/C25H17NS.C3H6.C2H6/c1-2-5-15-8-11-23-18(12-15)19-13-22-20(14-24(19)27-23)25-17-7-4-3-6-16(17)9-10-21(25)26-22;1-3-2;1-2/h2-14,26H,1H3;3H,1H2,2H3;1-2H3/b5-2+;;. The fourth-order valence-electron chi connectivity index (χ4n) is 4.26. The van der Waals surface area contributed by atoms with Crippen LogP contribution in [0.1, 0.15) is 33.3 Å². The summed E-state index contributed by atoms with van der Waals surface area (Å²) in [4.78, 5) is 3.65. The molecule has 0 unspecified atom stereocenters. The maximum absolute atomic E-state index is 3.65. The van der Waals surface area contributed by atoms with E-state index < -0.39 is 0 Å². The van der Waals surface area contributed by atoms with E-state index in [0.717, 1.165) is 0 Å². The van der Waals surface area contributed by atoms with Gasteiger partial charge in [0.2, 0.25) is 0 Å². The molecule has 0 atom stereocenters. The number of aromatic amines is 1. The summed E-state index contributed by atoms with van der Waals surface area (Å²) in [5, 5.41) is 7.93. The number of fused-ring (bicyclic) bond motifs is 8. The highest BCUT2D eigenvalue weighted by molar-refractivity contribution is 7.25. The zero-order chi connectivity index (χ0) is 22.7. The first-order valence-electron chi connectivity index (χ1n) is 11.2. The first kappa shape index (κ1) is 21.9. The minimum absolute atomic E-state index is 1.21. The highest BCUT2D eigenvalue weighted by Crippen LogP contribution is 2.40. The van der Waals surface area contributed by atoms with Gasteiger partial charge in [0.05, 0.1) is 0 Å². The van der Waals surface area contributed by atoms with Crippen LogP contribution in [0, 0.1) is 0 Å². The van der Waals surface area contributed by atoms with Gasteiger partial charge in [-0.15, -0.1) is 17.9 Å². The third kappa shape index (κ3) is 3.72. The smallest absolute Gasteiger partial charge is 0.0472 e. The van der Waals surface area contributed by atoms with Gasteiger partial charge in [0.25, 0.3) is 0 Å². The number of hydrogen-bond donors (Lipinski definition) is 1. The molecule has 2 aromatic heterocycles. The van der Waals surface area contributed by atoms with Crippen molar-refractivity contribution in [2.45, 2.75) is 27.7 Å². The van der Waals surface area contributed by atoms with Gasteiger partial charge in [-0.2, -0.15) is 0 Å². The van der Waals surface area contributed by atoms with E-state index >= 15 is 0 Å². The summed E-state index contributed by atoms with van der Waals surface area (Å²) in [6.07, 6.45) is 6.01. The predicted octanol–water partition coefficient (Wildman–Crippen LogP) is 10.1. The van der Waals surface area contributed by atoms with Gasteiger partial charge in [0.1, 0.15) is 0 Å². The Bertz CT molecular complexity index is 1580. The topological polar surface area (TPSA) is 15.8 Å². The fourth-order valence-corrected chi connectivity index (χ4v) is 5.37. The van der Waals surface area contributed by atoms with Crippen LogP contribution in [-0.2, 0) is 0 Å². The Balaban J connectivity index is 0.000000455. The van der Waals surface area contributed by atoms with E-state index in [9.17, 15) is 0 Å². The quantitative estimate of drug-likeness (QED) is 0.247. The summed E-state index contributed by atoms with van der Waals surface area (Å²) in [5.41, 5.74) is 3.68. The molecule has 0 fully saturated rings. The molecule has 6 rings (SSSR count). The number of benzene rings is 4. The Morgan fingerprint density at radius 2 is 1.50 bits per heavy atom. The summed E-state index contributed by atoms with van der Waals surface area (Å²) in [6.45, 7) is 11.3. The monoisotopic (exact) mass is 435 g/mol. The van der Waals surface area contributed by atoms with Crippen LogP contribution in [0.25, 0.3) is 58.8 Å². The van der Waals surface area contributed by atoms with Crippen molar-refractivity contribution in [3.05, 3.63) is 91.0 Å². The largest absolute Gasteiger partial charge is 0.354 e. The van der Waals surface area contributed by atoms with Gasteiger partial charge in [-0.3, -0.25) is 0 Å². The lowest BCUT2D eigenvalue weighted by atomic mass is 10.0. The van der Waals surface area contributed by atoms with Gasteiger partial charge in [-0.25, -0.2) is 0 Å². The van der Waals surface area contributed by atoms with Crippen molar-refractivity contribution in [3.8, 4) is 0 Å². The lowest BCUT2D eigenvalue weighted by Crippen LogP contribution is -1.74. The molecule has 160 valence electrons. The second-order valence-corrected chi connectivity index (χ2v) is 8.58. The number of aromatic nitrogens is 1. The van der Waals surface area contributed by atoms with Crippen molar-refractivity contribution < 1.29 is 0 Å². The first-order valence-corrected chi connectivity index (χ1v) is 12.0. The highest BCUT2D eigenvalue weighted by Gasteiger charge is 2.12. The van der Waals surface area contributed by atoms with Gasteiger partial charge in [0.15, 0.2) is 0 Å². The van der Waals surface area contributed by atoms with Gasteiger partial charge in [-0.05, 0) is 60.5 Å². The Morgan fingerprint density at radius 1 is 0.750 bits per heavy atom. The maximum Gasteiger partial charge on any atom is 0.0472 e. The molecule has 0 spiro atoms. The molecule has 1 N–H and O–H groups in total. The SMILES string of the molecule is C/C=C/c1ccc2sc3cc4c(cc3c2c1)[nH]c1ccc2ccccc2c14.C=CC.CC. The van der Waals surface area contributed by atoms with Gasteiger partial charge in [0, 0.05) is 42.0 Å². The summed E-state index contributed by atoms with van der Waals surface area (Å²) in [5.74, 6) is 0. The third-order valence-corrected chi connectivity index (χ3v) is 6.59. The molecule has 0 amide bonds. The molecular weight excluding hydrogens is 406 g/mol. The second kappa shape index (κ2) is 9.42. The average Bonchev–Trinajstić information content (AvgIpc) is 3.37. The molecule has 0 aliphatic carbocycles. The second-order valence-electron chi connectivity index (χ2n) is 7.49. The van der Waals surface area contributed by atoms with Gasteiger partial charge >= 0.3 is 0 Å². The Kier molecular flexibility index (Phi) is 6.43. The molecule has 2 heteroatoms. The summed E-state index contributed by atoms with van der Waals surface area (Å²) in [7, 11) is 0. The van der Waals surface area contributed by atoms with Crippen LogP contribution >= 0.6 is 11.3 Å². The third-order valence-electron chi connectivity index (χ3n) is 5.46. The zero-order valence-electron chi connectivity index (χ0n) is 19.2. The molecule has 0 saturated heterocycles. The lowest BCUT2D eigenvalue weighted by Gasteiger charge is -2.00. The number of allylic oxidation sites excluding steroid dienone is 2. The first-order chi connectivity index (χ1) is 15.7. The molecule has 0 saturated carbocycles. The van der Waals surface area contributed by atoms with E-state index in [1.807, 2.05) is 32.1 Å². The molecule has 1 nitrogen and oxygen atoms in total. The molecule has 0 radical (unpaired) electrons. The molecular formula is C30H29NS. The van der Waals surface area contributed by atoms with Crippen molar-refractivity contribution in [1.82, 2.24) is 4.98 Å². The van der Waals surface area contributed by atoms with Crippen molar-refractivity contribution in [3.63, 3.8) is 0 Å². The van der Waals surface area contributed by atoms with E-state index in [1.54, 1.807) is 6.08 Å². The summed E-state index contributed by atoms with van der Waals surface area (Å²) < 4.78 is 2.70. The maximum atomic E-state index is 3.65.